The molecule has 0 bridgehead atoms. The molecule has 0 amide bonds. The molecule has 0 aliphatic heterocycles. The van der Waals surface area contributed by atoms with Gasteiger partial charge in [0.05, 0.1) is 0 Å². The molecule has 0 aromatic heterocycles. The van der Waals surface area contributed by atoms with E-state index in [0.717, 1.165) is 0 Å². The molecule has 0 spiro atoms. The molecule has 0 aliphatic rings. The van der Waals surface area contributed by atoms with Gasteiger partial charge in [-0.25, -0.2) is 0 Å². The van der Waals surface area contributed by atoms with Crippen molar-refractivity contribution < 1.29 is 0 Å². The average molecular weight is 123 g/mol. The third kappa shape index (κ3) is 2.87. The molecule has 6 heavy (non-hydrogen) atoms. The fourth-order valence-electron chi connectivity index (χ4n) is 0.0745. The topological polar surface area (TPSA) is 3.24 Å². The molecule has 0 saturated heterocycles. The van der Waals surface area contributed by atoms with E-state index in [1.807, 2.05) is 7.05 Å². The lowest BCUT2D eigenvalue weighted by molar-refractivity contribution is 0.955. The highest BCUT2D eigenvalue weighted by Gasteiger charge is 1.83. The smallest absolute Gasteiger partial charge is 0.00879 e. The van der Waals surface area contributed by atoms with Gasteiger partial charge in [0.25, 0.3) is 0 Å². The van der Waals surface area contributed by atoms with E-state index in [2.05, 4.69) is 16.2 Å². The Labute approximate surface area is 47.7 Å². The van der Waals surface area contributed by atoms with Crippen LogP contribution in [0.2, 0.25) is 0 Å². The van der Waals surface area contributed by atoms with Gasteiger partial charge in [0.2, 0.25) is 0 Å². The minimum absolute atomic E-state index is 1.72. The van der Waals surface area contributed by atoms with Gasteiger partial charge in [0.15, 0.2) is 0 Å². The maximum atomic E-state index is 2.08. The third-order valence-corrected chi connectivity index (χ3v) is 2.44. The average Bonchev–Trinajstić information content (AvgIpc) is 1.65. The molecule has 0 rings (SSSR count). The molecule has 0 aliphatic carbocycles. The lowest BCUT2D eigenvalue weighted by Crippen LogP contribution is -1.91. The van der Waals surface area contributed by atoms with Crippen LogP contribution in [0.5, 0.6) is 0 Å². The Bertz CT molecular complexity index is 28.0. The van der Waals surface area contributed by atoms with Gasteiger partial charge in [-0.15, -0.1) is 0 Å². The van der Waals surface area contributed by atoms with E-state index < -0.39 is 0 Å². The molecule has 0 N–H and O–H groups in total. The summed E-state index contributed by atoms with van der Waals surface area (Å²) in [5.41, 5.74) is 0. The van der Waals surface area contributed by atoms with Crippen LogP contribution in [0, 0.1) is 0 Å². The van der Waals surface area contributed by atoms with Crippen LogP contribution >= 0.6 is 23.9 Å². The second-order valence-electron chi connectivity index (χ2n) is 0.805. The van der Waals surface area contributed by atoms with Gasteiger partial charge in [-0.05, 0) is 12.5 Å². The molecule has 38 valence electrons. The molecular formula is C3H9NS2. The normalized spacial score (nSPS) is 10.0. The largest absolute Gasteiger partial charge is 0.198 e. The fraction of sp³-hybridized carbons (Fsp3) is 1.00. The van der Waals surface area contributed by atoms with Gasteiger partial charge in [0, 0.05) is 7.05 Å². The summed E-state index contributed by atoms with van der Waals surface area (Å²) in [4.78, 5) is 0. The van der Waals surface area contributed by atoms with Crippen LogP contribution < -0.4 is 0 Å². The summed E-state index contributed by atoms with van der Waals surface area (Å²) < 4.78 is 2.08. The molecule has 0 atom stereocenters. The zero-order valence-electron chi connectivity index (χ0n) is 4.26. The number of hydrogen-bond donors (Lipinski definition) is 0. The minimum atomic E-state index is 1.72. The zero-order valence-corrected chi connectivity index (χ0v) is 5.90. The molecule has 0 saturated carbocycles. The molecule has 0 heterocycles. The summed E-state index contributed by atoms with van der Waals surface area (Å²) in [6, 6.07) is 0. The summed E-state index contributed by atoms with van der Waals surface area (Å²) in [6.07, 6.45) is 4.10. The summed E-state index contributed by atoms with van der Waals surface area (Å²) >= 11 is 3.44. The standard InChI is InChI=1S/C3H9NS2/c1-4(5-2)6-3/h1-3H3. The fourth-order valence-corrected chi connectivity index (χ4v) is 0.671. The first-order valence-corrected chi connectivity index (χ1v) is 3.99. The summed E-state index contributed by atoms with van der Waals surface area (Å²) in [7, 11) is 2.04. The Hall–Kier alpha value is 0.660. The molecule has 0 radical (unpaired) electrons. The van der Waals surface area contributed by atoms with Crippen LogP contribution in [0.3, 0.4) is 0 Å². The van der Waals surface area contributed by atoms with Gasteiger partial charge in [-0.2, -0.15) is 3.71 Å². The molecule has 1 nitrogen and oxygen atoms in total. The van der Waals surface area contributed by atoms with Crippen LogP contribution in [-0.4, -0.2) is 23.3 Å². The van der Waals surface area contributed by atoms with Gasteiger partial charge >= 0.3 is 0 Å². The quantitative estimate of drug-likeness (QED) is 0.512. The van der Waals surface area contributed by atoms with E-state index in [1.165, 1.54) is 0 Å². The Balaban J connectivity index is 2.75. The lowest BCUT2D eigenvalue weighted by atomic mass is 11.6. The molecule has 0 fully saturated rings. The first kappa shape index (κ1) is 6.66. The highest BCUT2D eigenvalue weighted by molar-refractivity contribution is 8.11. The summed E-state index contributed by atoms with van der Waals surface area (Å²) in [5.74, 6) is 0. The maximum Gasteiger partial charge on any atom is 0.00879 e. The van der Waals surface area contributed by atoms with Crippen molar-refractivity contribution in [3.63, 3.8) is 0 Å². The summed E-state index contributed by atoms with van der Waals surface area (Å²) in [5, 5.41) is 0. The van der Waals surface area contributed by atoms with Crippen molar-refractivity contribution in [2.45, 2.75) is 0 Å². The van der Waals surface area contributed by atoms with E-state index in [-0.39, 0.29) is 0 Å². The van der Waals surface area contributed by atoms with E-state index in [1.54, 1.807) is 23.9 Å². The molecule has 0 aromatic carbocycles. The predicted octanol–water partition coefficient (Wildman–Crippen LogP) is 1.47. The van der Waals surface area contributed by atoms with Crippen LogP contribution in [0.1, 0.15) is 0 Å². The number of rotatable bonds is 2. The van der Waals surface area contributed by atoms with Crippen molar-refractivity contribution in [1.82, 2.24) is 3.71 Å². The number of nitrogens with zero attached hydrogens (tertiary/aromatic N) is 1. The molecule has 0 aromatic rings. The highest BCUT2D eigenvalue weighted by atomic mass is 32.2. The Morgan fingerprint density at radius 2 is 1.50 bits per heavy atom. The van der Waals surface area contributed by atoms with Crippen molar-refractivity contribution in [3.05, 3.63) is 0 Å². The van der Waals surface area contributed by atoms with Crippen LogP contribution in [0.25, 0.3) is 0 Å². The van der Waals surface area contributed by atoms with Gasteiger partial charge in [-0.1, -0.05) is 23.9 Å². The number of hydrogen-bond acceptors (Lipinski definition) is 3. The SMILES string of the molecule is CSN(C)SC. The van der Waals surface area contributed by atoms with Crippen molar-refractivity contribution in [2.75, 3.05) is 19.6 Å². The Kier molecular flexibility index (Phi) is 4.26. The van der Waals surface area contributed by atoms with Crippen molar-refractivity contribution in [1.29, 1.82) is 0 Å². The third-order valence-electron chi connectivity index (χ3n) is 0.514. The van der Waals surface area contributed by atoms with E-state index in [4.69, 9.17) is 0 Å². The van der Waals surface area contributed by atoms with Crippen molar-refractivity contribution >= 4 is 23.9 Å². The van der Waals surface area contributed by atoms with Crippen LogP contribution in [0.4, 0.5) is 0 Å². The summed E-state index contributed by atoms with van der Waals surface area (Å²) in [6.45, 7) is 0. The van der Waals surface area contributed by atoms with E-state index in [0.29, 0.717) is 0 Å². The van der Waals surface area contributed by atoms with Gasteiger partial charge in [-0.3, -0.25) is 0 Å². The van der Waals surface area contributed by atoms with Crippen molar-refractivity contribution in [3.8, 4) is 0 Å². The monoisotopic (exact) mass is 123 g/mol. The second-order valence-corrected chi connectivity index (χ2v) is 2.86. The first-order chi connectivity index (χ1) is 2.81. The van der Waals surface area contributed by atoms with Crippen molar-refractivity contribution in [2.24, 2.45) is 0 Å². The molecule has 0 unspecified atom stereocenters. The van der Waals surface area contributed by atoms with Crippen LogP contribution in [-0.2, 0) is 0 Å². The van der Waals surface area contributed by atoms with E-state index in [9.17, 15) is 0 Å². The Morgan fingerprint density at radius 1 is 1.17 bits per heavy atom. The Morgan fingerprint density at radius 3 is 1.50 bits per heavy atom. The zero-order chi connectivity index (χ0) is 4.99. The predicted molar refractivity (Wildman–Crippen MR) is 34.8 cm³/mol. The maximum absolute atomic E-state index is 2.08. The van der Waals surface area contributed by atoms with Gasteiger partial charge < -0.3 is 0 Å². The minimum Gasteiger partial charge on any atom is -0.198 e. The second kappa shape index (κ2) is 3.84. The van der Waals surface area contributed by atoms with Crippen LogP contribution in [0.15, 0.2) is 0 Å². The first-order valence-electron chi connectivity index (χ1n) is 1.63. The molecule has 3 heteroatoms. The highest BCUT2D eigenvalue weighted by Crippen LogP contribution is 2.10. The molecular weight excluding hydrogens is 114 g/mol. The van der Waals surface area contributed by atoms with Gasteiger partial charge in [0.1, 0.15) is 0 Å². The van der Waals surface area contributed by atoms with E-state index >= 15 is 0 Å². The lowest BCUT2D eigenvalue weighted by Gasteiger charge is -2.04.